The molecule has 0 fully saturated rings. The maximum atomic E-state index is 13.2. The molecule has 0 aliphatic rings. The first-order valence-electron chi connectivity index (χ1n) is 4.17. The monoisotopic (exact) mass is 197 g/mol. The Morgan fingerprint density at radius 2 is 2.14 bits per heavy atom. The number of halogens is 1. The lowest BCUT2D eigenvalue weighted by atomic mass is 10.1. The van der Waals surface area contributed by atoms with Crippen molar-refractivity contribution in [2.24, 2.45) is 0 Å². The quantitative estimate of drug-likeness (QED) is 0.742. The third kappa shape index (κ3) is 2.29. The number of nitrogens with zero attached hydrogens (tertiary/aromatic N) is 1. The number of hydrogen-bond acceptors (Lipinski definition) is 3. The lowest BCUT2D eigenvalue weighted by Gasteiger charge is -2.09. The number of phenols is 1. The van der Waals surface area contributed by atoms with Gasteiger partial charge < -0.3 is 10.0 Å². The summed E-state index contributed by atoms with van der Waals surface area (Å²) < 4.78 is 13.2. The molecular formula is C10H12FNO2. The predicted molar refractivity (Wildman–Crippen MR) is 50.9 cm³/mol. The van der Waals surface area contributed by atoms with Crippen LogP contribution in [0.5, 0.6) is 5.75 Å². The highest BCUT2D eigenvalue weighted by atomic mass is 19.1. The van der Waals surface area contributed by atoms with E-state index in [9.17, 15) is 14.3 Å². The van der Waals surface area contributed by atoms with Crippen molar-refractivity contribution in [2.45, 2.75) is 0 Å². The first kappa shape index (κ1) is 10.7. The van der Waals surface area contributed by atoms with E-state index in [0.717, 1.165) is 6.07 Å². The van der Waals surface area contributed by atoms with Crippen molar-refractivity contribution in [1.29, 1.82) is 0 Å². The Morgan fingerprint density at radius 1 is 1.50 bits per heavy atom. The van der Waals surface area contributed by atoms with Crippen LogP contribution >= 0.6 is 0 Å². The summed E-state index contributed by atoms with van der Waals surface area (Å²) in [5, 5.41) is 9.30. The lowest BCUT2D eigenvalue weighted by molar-refractivity contribution is 0.0951. The van der Waals surface area contributed by atoms with Gasteiger partial charge in [0.1, 0.15) is 11.6 Å². The molecule has 0 saturated carbocycles. The minimum Gasteiger partial charge on any atom is -0.507 e. The summed E-state index contributed by atoms with van der Waals surface area (Å²) in [5.41, 5.74) is -0.235. The fourth-order valence-electron chi connectivity index (χ4n) is 1.16. The van der Waals surface area contributed by atoms with Crippen LogP contribution in [0.4, 0.5) is 4.39 Å². The zero-order valence-corrected chi connectivity index (χ0v) is 8.12. The molecule has 1 aromatic carbocycles. The summed E-state index contributed by atoms with van der Waals surface area (Å²) in [7, 11) is 3.41. The van der Waals surface area contributed by atoms with E-state index in [-0.39, 0.29) is 17.9 Å². The van der Waals surface area contributed by atoms with Gasteiger partial charge in [0.2, 0.25) is 0 Å². The molecule has 0 atom stereocenters. The number of rotatable bonds is 3. The van der Waals surface area contributed by atoms with Gasteiger partial charge in [-0.25, -0.2) is 4.39 Å². The van der Waals surface area contributed by atoms with Crippen LogP contribution in [0.3, 0.4) is 0 Å². The molecule has 1 N–H and O–H groups in total. The topological polar surface area (TPSA) is 40.5 Å². The molecule has 0 spiro atoms. The van der Waals surface area contributed by atoms with E-state index in [1.54, 1.807) is 19.0 Å². The highest BCUT2D eigenvalue weighted by Gasteiger charge is 2.16. The largest absolute Gasteiger partial charge is 0.507 e. The van der Waals surface area contributed by atoms with E-state index in [2.05, 4.69) is 0 Å². The summed E-state index contributed by atoms with van der Waals surface area (Å²) in [6, 6.07) is 3.81. The van der Waals surface area contributed by atoms with Gasteiger partial charge in [0.05, 0.1) is 12.1 Å². The van der Waals surface area contributed by atoms with Crippen LogP contribution < -0.4 is 0 Å². The van der Waals surface area contributed by atoms with Crippen molar-refractivity contribution in [1.82, 2.24) is 4.90 Å². The van der Waals surface area contributed by atoms with Crippen LogP contribution in [0, 0.1) is 5.82 Å². The van der Waals surface area contributed by atoms with Crippen molar-refractivity contribution in [2.75, 3.05) is 20.6 Å². The zero-order chi connectivity index (χ0) is 10.7. The number of likely N-dealkylation sites (N-methyl/N-ethyl adjacent to an activating group) is 1. The van der Waals surface area contributed by atoms with Crippen molar-refractivity contribution < 1.29 is 14.3 Å². The molecular weight excluding hydrogens is 185 g/mol. The van der Waals surface area contributed by atoms with Crippen molar-refractivity contribution in [3.05, 3.63) is 29.6 Å². The van der Waals surface area contributed by atoms with E-state index in [0.29, 0.717) is 0 Å². The van der Waals surface area contributed by atoms with Gasteiger partial charge in [-0.2, -0.15) is 0 Å². The average molecular weight is 197 g/mol. The van der Waals surface area contributed by atoms with Crippen LogP contribution in [-0.2, 0) is 0 Å². The molecule has 3 nitrogen and oxygen atoms in total. The molecule has 0 unspecified atom stereocenters. The Balaban J connectivity index is 3.00. The SMILES string of the molecule is CN(C)CC(=O)c1c(O)cccc1F. The van der Waals surface area contributed by atoms with E-state index in [4.69, 9.17) is 0 Å². The lowest BCUT2D eigenvalue weighted by Crippen LogP contribution is -2.22. The number of aromatic hydroxyl groups is 1. The molecule has 0 aliphatic heterocycles. The van der Waals surface area contributed by atoms with Gasteiger partial charge in [-0.3, -0.25) is 4.79 Å². The first-order chi connectivity index (χ1) is 6.52. The van der Waals surface area contributed by atoms with Gasteiger partial charge in [0.15, 0.2) is 5.78 Å². The number of ketones is 1. The van der Waals surface area contributed by atoms with Gasteiger partial charge in [-0.1, -0.05) is 6.07 Å². The molecule has 1 aromatic rings. The van der Waals surface area contributed by atoms with Crippen molar-refractivity contribution in [3.8, 4) is 5.75 Å². The molecule has 76 valence electrons. The molecule has 1 rings (SSSR count). The molecule has 4 heteroatoms. The van der Waals surface area contributed by atoms with Crippen molar-refractivity contribution >= 4 is 5.78 Å². The number of phenolic OH excluding ortho intramolecular Hbond substituents is 1. The Labute approximate surface area is 81.8 Å². The number of Topliss-reactive ketones (excluding diaryl/α,β-unsaturated/α-hetero) is 1. The summed E-state index contributed by atoms with van der Waals surface area (Å²) in [6.07, 6.45) is 0. The van der Waals surface area contributed by atoms with Gasteiger partial charge in [-0.05, 0) is 26.2 Å². The Hall–Kier alpha value is -1.42. The summed E-state index contributed by atoms with van der Waals surface area (Å²) >= 11 is 0. The zero-order valence-electron chi connectivity index (χ0n) is 8.12. The predicted octanol–water partition coefficient (Wildman–Crippen LogP) is 1.28. The summed E-state index contributed by atoms with van der Waals surface area (Å²) in [4.78, 5) is 13.1. The third-order valence-electron chi connectivity index (χ3n) is 1.73. The van der Waals surface area contributed by atoms with Crippen LogP contribution in [-0.4, -0.2) is 36.4 Å². The Kier molecular flexibility index (Phi) is 3.19. The van der Waals surface area contributed by atoms with E-state index in [1.807, 2.05) is 0 Å². The summed E-state index contributed by atoms with van der Waals surface area (Å²) in [5.74, 6) is -1.42. The highest BCUT2D eigenvalue weighted by Crippen LogP contribution is 2.20. The molecule has 14 heavy (non-hydrogen) atoms. The fourth-order valence-corrected chi connectivity index (χ4v) is 1.16. The van der Waals surface area contributed by atoms with Crippen LogP contribution in [0.2, 0.25) is 0 Å². The van der Waals surface area contributed by atoms with E-state index in [1.165, 1.54) is 12.1 Å². The molecule has 0 radical (unpaired) electrons. The second kappa shape index (κ2) is 4.19. The van der Waals surface area contributed by atoms with Gasteiger partial charge in [0, 0.05) is 0 Å². The van der Waals surface area contributed by atoms with Crippen LogP contribution in [0.15, 0.2) is 18.2 Å². The minimum absolute atomic E-state index is 0.0779. The normalized spacial score (nSPS) is 10.6. The smallest absolute Gasteiger partial charge is 0.183 e. The molecule has 0 aliphatic carbocycles. The second-order valence-electron chi connectivity index (χ2n) is 3.29. The van der Waals surface area contributed by atoms with E-state index < -0.39 is 11.6 Å². The van der Waals surface area contributed by atoms with Crippen molar-refractivity contribution in [3.63, 3.8) is 0 Å². The third-order valence-corrected chi connectivity index (χ3v) is 1.73. The number of benzene rings is 1. The maximum absolute atomic E-state index is 13.2. The van der Waals surface area contributed by atoms with E-state index >= 15 is 0 Å². The number of carbonyl (C=O) groups excluding carboxylic acids is 1. The van der Waals surface area contributed by atoms with Gasteiger partial charge in [0.25, 0.3) is 0 Å². The fraction of sp³-hybridized carbons (Fsp3) is 0.300. The highest BCUT2D eigenvalue weighted by molar-refractivity contribution is 6.00. The second-order valence-corrected chi connectivity index (χ2v) is 3.29. The first-order valence-corrected chi connectivity index (χ1v) is 4.17. The Bertz CT molecular complexity index is 330. The van der Waals surface area contributed by atoms with Crippen LogP contribution in [0.25, 0.3) is 0 Å². The minimum atomic E-state index is -0.683. The molecule has 0 bridgehead atoms. The standard InChI is InChI=1S/C10H12FNO2/c1-12(2)6-9(14)10-7(11)4-3-5-8(10)13/h3-5,13H,6H2,1-2H3. The molecule has 0 saturated heterocycles. The molecule has 0 heterocycles. The maximum Gasteiger partial charge on any atom is 0.183 e. The average Bonchev–Trinajstić information content (AvgIpc) is 2.01. The Morgan fingerprint density at radius 3 is 2.64 bits per heavy atom. The molecule has 0 amide bonds. The number of carbonyl (C=O) groups is 1. The summed E-state index contributed by atoms with van der Waals surface area (Å²) in [6.45, 7) is 0.0779. The van der Waals surface area contributed by atoms with Gasteiger partial charge >= 0.3 is 0 Å². The van der Waals surface area contributed by atoms with Crippen LogP contribution in [0.1, 0.15) is 10.4 Å². The molecule has 0 aromatic heterocycles. The number of hydrogen-bond donors (Lipinski definition) is 1. The van der Waals surface area contributed by atoms with Gasteiger partial charge in [-0.15, -0.1) is 0 Å².